The zero-order valence-corrected chi connectivity index (χ0v) is 14.2. The molecule has 0 saturated carbocycles. The van der Waals surface area contributed by atoms with Crippen LogP contribution in [-0.2, 0) is 9.53 Å². The van der Waals surface area contributed by atoms with Crippen molar-refractivity contribution in [3.05, 3.63) is 40.3 Å². The van der Waals surface area contributed by atoms with Crippen LogP contribution in [0.5, 0.6) is 0 Å². The molecule has 24 heavy (non-hydrogen) atoms. The van der Waals surface area contributed by atoms with Crippen molar-refractivity contribution in [3.63, 3.8) is 0 Å². The van der Waals surface area contributed by atoms with Gasteiger partial charge in [-0.25, -0.2) is 4.79 Å². The summed E-state index contributed by atoms with van der Waals surface area (Å²) in [6.07, 6.45) is 3.90. The summed E-state index contributed by atoms with van der Waals surface area (Å²) in [5.41, 5.74) is 1.20. The Morgan fingerprint density at radius 3 is 2.50 bits per heavy atom. The summed E-state index contributed by atoms with van der Waals surface area (Å²) in [5, 5.41) is -0.232. The zero-order valence-electron chi connectivity index (χ0n) is 13.4. The first kappa shape index (κ1) is 16.7. The third-order valence-electron chi connectivity index (χ3n) is 4.04. The number of hydrogen-bond donors (Lipinski definition) is 0. The molecule has 2 aliphatic rings. The minimum atomic E-state index is -0.410. The number of rotatable bonds is 4. The molecule has 0 aromatic heterocycles. The van der Waals surface area contributed by atoms with Crippen molar-refractivity contribution in [3.8, 4) is 0 Å². The largest absolute Gasteiger partial charge is 0.465 e. The number of amides is 2. The van der Waals surface area contributed by atoms with E-state index in [1.54, 1.807) is 30.3 Å². The smallest absolute Gasteiger partial charge is 0.337 e. The summed E-state index contributed by atoms with van der Waals surface area (Å²) in [5.74, 6) is -0.665. The second-order valence-corrected chi connectivity index (χ2v) is 6.68. The van der Waals surface area contributed by atoms with E-state index in [0.29, 0.717) is 17.1 Å². The van der Waals surface area contributed by atoms with Gasteiger partial charge >= 0.3 is 5.97 Å². The lowest BCUT2D eigenvalue weighted by atomic mass is 10.1. The van der Waals surface area contributed by atoms with Crippen LogP contribution in [-0.4, -0.2) is 53.8 Å². The molecule has 6 nitrogen and oxygen atoms in total. The topological polar surface area (TPSA) is 66.9 Å². The van der Waals surface area contributed by atoms with Crippen molar-refractivity contribution >= 4 is 35.0 Å². The van der Waals surface area contributed by atoms with Crippen LogP contribution in [0.1, 0.15) is 28.8 Å². The summed E-state index contributed by atoms with van der Waals surface area (Å²) in [6, 6.07) is 6.71. The molecule has 0 bridgehead atoms. The van der Waals surface area contributed by atoms with Crippen LogP contribution in [0.2, 0.25) is 0 Å². The lowest BCUT2D eigenvalue weighted by molar-refractivity contribution is -0.124. The predicted octanol–water partition coefficient (Wildman–Crippen LogP) is 2.56. The highest BCUT2D eigenvalue weighted by Crippen LogP contribution is 2.32. The van der Waals surface area contributed by atoms with Crippen LogP contribution in [0.15, 0.2) is 29.2 Å². The van der Waals surface area contributed by atoms with Crippen LogP contribution in [0.3, 0.4) is 0 Å². The van der Waals surface area contributed by atoms with Crippen molar-refractivity contribution in [2.24, 2.45) is 0 Å². The van der Waals surface area contributed by atoms with Gasteiger partial charge in [0.15, 0.2) is 0 Å². The number of esters is 1. The summed E-state index contributed by atoms with van der Waals surface area (Å²) < 4.78 is 4.65. The third kappa shape index (κ3) is 3.52. The highest BCUT2D eigenvalue weighted by atomic mass is 32.2. The normalized spacial score (nSPS) is 20.2. The van der Waals surface area contributed by atoms with Gasteiger partial charge in [-0.05, 0) is 61.5 Å². The molecular weight excluding hydrogens is 328 g/mol. The first-order chi connectivity index (χ1) is 11.6. The summed E-state index contributed by atoms with van der Waals surface area (Å²) >= 11 is 0.955. The highest BCUT2D eigenvalue weighted by Gasteiger charge is 2.36. The molecule has 2 aliphatic heterocycles. The molecule has 1 aromatic carbocycles. The molecule has 0 spiro atoms. The van der Waals surface area contributed by atoms with Crippen molar-refractivity contribution in [2.75, 3.05) is 26.9 Å². The van der Waals surface area contributed by atoms with Crippen LogP contribution in [0.25, 0.3) is 6.08 Å². The van der Waals surface area contributed by atoms with E-state index in [1.807, 2.05) is 0 Å². The minimum Gasteiger partial charge on any atom is -0.465 e. The average Bonchev–Trinajstić information content (AvgIpc) is 3.19. The molecule has 2 amide bonds. The Morgan fingerprint density at radius 1 is 1.21 bits per heavy atom. The van der Waals surface area contributed by atoms with E-state index in [4.69, 9.17) is 0 Å². The molecule has 0 atom stereocenters. The van der Waals surface area contributed by atoms with Gasteiger partial charge in [-0.1, -0.05) is 12.1 Å². The number of benzene rings is 1. The molecule has 0 unspecified atom stereocenters. The van der Waals surface area contributed by atoms with E-state index in [1.165, 1.54) is 12.0 Å². The Bertz CT molecular complexity index is 693. The van der Waals surface area contributed by atoms with Crippen molar-refractivity contribution in [1.82, 2.24) is 9.80 Å². The van der Waals surface area contributed by atoms with Crippen molar-refractivity contribution < 1.29 is 19.1 Å². The van der Waals surface area contributed by atoms with Gasteiger partial charge in [0, 0.05) is 0 Å². The van der Waals surface area contributed by atoms with E-state index < -0.39 is 5.97 Å². The Morgan fingerprint density at radius 2 is 1.88 bits per heavy atom. The maximum absolute atomic E-state index is 12.4. The number of hydrogen-bond acceptors (Lipinski definition) is 6. The Labute approximate surface area is 144 Å². The molecule has 0 radical (unpaired) electrons. The maximum Gasteiger partial charge on any atom is 0.337 e. The number of methoxy groups -OCH3 is 1. The molecular formula is C17H18N2O4S. The number of carbonyl (C=O) groups is 3. The number of likely N-dealkylation sites (tertiary alicyclic amines) is 1. The second-order valence-electron chi connectivity index (χ2n) is 5.69. The van der Waals surface area contributed by atoms with Crippen LogP contribution in [0.4, 0.5) is 4.79 Å². The van der Waals surface area contributed by atoms with E-state index >= 15 is 0 Å². The predicted molar refractivity (Wildman–Crippen MR) is 91.3 cm³/mol. The fourth-order valence-electron chi connectivity index (χ4n) is 2.73. The SMILES string of the molecule is COC(=O)c1ccc(/C=C2/SC(=O)N(CN3CCCC3)C2=O)cc1. The number of nitrogens with zero attached hydrogens (tertiary/aromatic N) is 2. The van der Waals surface area contributed by atoms with Gasteiger partial charge in [0.05, 0.1) is 24.2 Å². The fourth-order valence-corrected chi connectivity index (χ4v) is 3.56. The van der Waals surface area contributed by atoms with Crippen LogP contribution < -0.4 is 0 Å². The van der Waals surface area contributed by atoms with Gasteiger partial charge in [0.1, 0.15) is 0 Å². The van der Waals surface area contributed by atoms with E-state index in [-0.39, 0.29) is 11.1 Å². The Hall–Kier alpha value is -2.12. The van der Waals surface area contributed by atoms with Gasteiger partial charge in [0.2, 0.25) is 0 Å². The number of carbonyl (C=O) groups excluding carboxylic acids is 3. The highest BCUT2D eigenvalue weighted by molar-refractivity contribution is 8.18. The van der Waals surface area contributed by atoms with Crippen molar-refractivity contribution in [2.45, 2.75) is 12.8 Å². The van der Waals surface area contributed by atoms with Crippen LogP contribution in [0, 0.1) is 0 Å². The first-order valence-electron chi connectivity index (χ1n) is 7.74. The monoisotopic (exact) mass is 346 g/mol. The molecule has 2 saturated heterocycles. The molecule has 7 heteroatoms. The van der Waals surface area contributed by atoms with Gasteiger partial charge in [-0.3, -0.25) is 19.4 Å². The molecule has 3 rings (SSSR count). The molecule has 0 N–H and O–H groups in total. The van der Waals surface area contributed by atoms with E-state index in [9.17, 15) is 14.4 Å². The molecule has 2 heterocycles. The number of thioether (sulfide) groups is 1. The van der Waals surface area contributed by atoms with E-state index in [0.717, 1.165) is 43.3 Å². The van der Waals surface area contributed by atoms with Gasteiger partial charge in [-0.15, -0.1) is 0 Å². The lowest BCUT2D eigenvalue weighted by Crippen LogP contribution is -2.38. The first-order valence-corrected chi connectivity index (χ1v) is 8.56. The zero-order chi connectivity index (χ0) is 17.1. The van der Waals surface area contributed by atoms with Gasteiger partial charge < -0.3 is 4.74 Å². The Balaban J connectivity index is 1.72. The average molecular weight is 346 g/mol. The fraction of sp³-hybridized carbons (Fsp3) is 0.353. The summed E-state index contributed by atoms with van der Waals surface area (Å²) in [4.78, 5) is 39.8. The van der Waals surface area contributed by atoms with Crippen LogP contribution >= 0.6 is 11.8 Å². The number of ether oxygens (including phenoxy) is 1. The maximum atomic E-state index is 12.4. The standard InChI is InChI=1S/C17H18N2O4S/c1-23-16(21)13-6-4-12(5-7-13)10-14-15(20)19(17(22)24-14)11-18-8-2-3-9-18/h4-7,10H,2-3,8-9,11H2,1H3/b14-10+. The second kappa shape index (κ2) is 7.19. The van der Waals surface area contributed by atoms with Crippen molar-refractivity contribution in [1.29, 1.82) is 0 Å². The third-order valence-corrected chi connectivity index (χ3v) is 4.95. The number of imide groups is 1. The molecule has 1 aromatic rings. The van der Waals surface area contributed by atoms with Gasteiger partial charge in [0.25, 0.3) is 11.1 Å². The quantitative estimate of drug-likeness (QED) is 0.617. The van der Waals surface area contributed by atoms with Gasteiger partial charge in [-0.2, -0.15) is 0 Å². The minimum absolute atomic E-state index is 0.232. The summed E-state index contributed by atoms with van der Waals surface area (Å²) in [7, 11) is 1.33. The molecule has 126 valence electrons. The summed E-state index contributed by atoms with van der Waals surface area (Å²) in [6.45, 7) is 2.22. The Kier molecular flexibility index (Phi) is 5.01. The van der Waals surface area contributed by atoms with E-state index in [2.05, 4.69) is 9.64 Å². The molecule has 2 fully saturated rings. The molecule has 0 aliphatic carbocycles. The lowest BCUT2D eigenvalue weighted by Gasteiger charge is -2.20.